The van der Waals surface area contributed by atoms with E-state index in [-0.39, 0.29) is 18.2 Å². The van der Waals surface area contributed by atoms with Crippen LogP contribution >= 0.6 is 22.9 Å². The number of thiazole rings is 1. The van der Waals surface area contributed by atoms with E-state index in [1.807, 2.05) is 6.07 Å². The van der Waals surface area contributed by atoms with Crippen LogP contribution in [-0.4, -0.2) is 58.8 Å². The van der Waals surface area contributed by atoms with Crippen LogP contribution in [0.25, 0.3) is 10.9 Å². The number of rotatable bonds is 8. The molecule has 180 valence electrons. The lowest BCUT2D eigenvalue weighted by molar-refractivity contribution is -0.119. The third-order valence-electron chi connectivity index (χ3n) is 7.11. The van der Waals surface area contributed by atoms with Gasteiger partial charge in [-0.2, -0.15) is 0 Å². The Morgan fingerprint density at radius 3 is 2.76 bits per heavy atom. The third-order valence-corrected chi connectivity index (χ3v) is 8.22. The molecule has 0 atom stereocenters. The van der Waals surface area contributed by atoms with Crippen molar-refractivity contribution in [2.75, 3.05) is 31.5 Å². The average molecular weight is 500 g/mol. The van der Waals surface area contributed by atoms with Gasteiger partial charge in [-0.3, -0.25) is 9.59 Å². The molecule has 2 aromatic heterocycles. The fraction of sp³-hybridized carbons (Fsp3) is 0.480. The number of fused-ring (bicyclic) bond motifs is 1. The number of anilines is 1. The second-order valence-corrected chi connectivity index (χ2v) is 10.6. The smallest absolute Gasteiger partial charge is 0.239 e. The van der Waals surface area contributed by atoms with Crippen LogP contribution in [0.15, 0.2) is 29.8 Å². The van der Waals surface area contributed by atoms with E-state index in [2.05, 4.69) is 25.5 Å². The second-order valence-electron chi connectivity index (χ2n) is 9.34. The van der Waals surface area contributed by atoms with Gasteiger partial charge in [0, 0.05) is 40.6 Å². The summed E-state index contributed by atoms with van der Waals surface area (Å²) in [4.78, 5) is 35.2. The van der Waals surface area contributed by atoms with Crippen molar-refractivity contribution in [1.82, 2.24) is 20.2 Å². The van der Waals surface area contributed by atoms with Gasteiger partial charge in [-0.25, -0.2) is 4.98 Å². The number of aromatic amines is 1. The maximum Gasteiger partial charge on any atom is 0.239 e. The topological polar surface area (TPSA) is 90.1 Å². The molecule has 7 nitrogen and oxygen atoms in total. The van der Waals surface area contributed by atoms with Crippen LogP contribution in [0.1, 0.15) is 54.6 Å². The van der Waals surface area contributed by atoms with Gasteiger partial charge < -0.3 is 20.5 Å². The molecule has 1 saturated carbocycles. The first kappa shape index (κ1) is 23.3. The predicted molar refractivity (Wildman–Crippen MR) is 137 cm³/mol. The highest BCUT2D eigenvalue weighted by Crippen LogP contribution is 2.28. The average Bonchev–Trinajstić information content (AvgIpc) is 3.63. The number of piperidine rings is 1. The fourth-order valence-electron chi connectivity index (χ4n) is 5.11. The van der Waals surface area contributed by atoms with Crippen LogP contribution in [-0.2, 0) is 4.79 Å². The molecule has 34 heavy (non-hydrogen) atoms. The molecule has 1 aromatic carbocycles. The molecule has 2 fully saturated rings. The van der Waals surface area contributed by atoms with Gasteiger partial charge in [-0.1, -0.05) is 36.6 Å². The number of amides is 1. The van der Waals surface area contributed by atoms with Gasteiger partial charge in [-0.15, -0.1) is 11.3 Å². The van der Waals surface area contributed by atoms with Crippen LogP contribution < -0.4 is 10.6 Å². The number of nitrogens with one attached hydrogen (secondary N) is 3. The van der Waals surface area contributed by atoms with Crippen molar-refractivity contribution in [2.45, 2.75) is 44.6 Å². The molecule has 3 aromatic rings. The van der Waals surface area contributed by atoms with Crippen molar-refractivity contribution in [1.29, 1.82) is 0 Å². The molecule has 1 aliphatic carbocycles. The molecular formula is C25H30ClN5O2S. The lowest BCUT2D eigenvalue weighted by Gasteiger charge is -2.36. The quantitative estimate of drug-likeness (QED) is 0.391. The molecular weight excluding hydrogens is 470 g/mol. The van der Waals surface area contributed by atoms with Crippen molar-refractivity contribution >= 4 is 50.7 Å². The zero-order valence-corrected chi connectivity index (χ0v) is 20.7. The minimum absolute atomic E-state index is 0.0459. The normalized spacial score (nSPS) is 17.9. The Hall–Kier alpha value is -2.42. The monoisotopic (exact) mass is 499 g/mol. The molecule has 5 rings (SSSR count). The number of hydrogen-bond donors (Lipinski definition) is 3. The number of ketones is 1. The number of likely N-dealkylation sites (tertiary alicyclic amines) is 1. The van der Waals surface area contributed by atoms with Gasteiger partial charge in [0.05, 0.1) is 11.6 Å². The zero-order valence-electron chi connectivity index (χ0n) is 19.1. The highest BCUT2D eigenvalue weighted by atomic mass is 35.5. The number of carbonyl (C=O) groups is 2. The van der Waals surface area contributed by atoms with E-state index in [9.17, 15) is 9.59 Å². The third kappa shape index (κ3) is 5.29. The van der Waals surface area contributed by atoms with Gasteiger partial charge in [0.1, 0.15) is 5.69 Å². The van der Waals surface area contributed by atoms with Crippen molar-refractivity contribution in [3.63, 3.8) is 0 Å². The lowest BCUT2D eigenvalue weighted by Crippen LogP contribution is -2.43. The summed E-state index contributed by atoms with van der Waals surface area (Å²) in [6, 6.07) is 6.16. The van der Waals surface area contributed by atoms with E-state index in [1.165, 1.54) is 37.0 Å². The zero-order chi connectivity index (χ0) is 23.5. The number of H-pyrrole nitrogens is 1. The Balaban J connectivity index is 1.06. The summed E-state index contributed by atoms with van der Waals surface area (Å²) in [5.74, 6) is 0.346. The van der Waals surface area contributed by atoms with Crippen molar-refractivity contribution in [3.05, 3.63) is 46.1 Å². The second kappa shape index (κ2) is 10.5. The predicted octanol–water partition coefficient (Wildman–Crippen LogP) is 4.69. The standard InChI is InChI=1S/C25H30ClN5O2S/c26-20-13-27-21-11-17(5-6-19(20)21)24(33)22-15-34-25(30-22)29-14-23(32)28-12-16-7-9-31(10-8-16)18-3-1-2-4-18/h5-6,11,13,15-16,18,27H,1-4,7-10,12,14H2,(H,28,32)(H,29,30). The Morgan fingerprint density at radius 2 is 1.97 bits per heavy atom. The summed E-state index contributed by atoms with van der Waals surface area (Å²) in [5, 5.41) is 9.89. The Morgan fingerprint density at radius 1 is 1.18 bits per heavy atom. The van der Waals surface area contributed by atoms with Gasteiger partial charge in [0.15, 0.2) is 5.13 Å². The molecule has 3 N–H and O–H groups in total. The molecule has 0 unspecified atom stereocenters. The van der Waals surface area contributed by atoms with Gasteiger partial charge in [-0.05, 0) is 50.8 Å². The summed E-state index contributed by atoms with van der Waals surface area (Å²) in [6.45, 7) is 3.19. The SMILES string of the molecule is O=C(CNc1nc(C(=O)c2ccc3c(Cl)c[nH]c3c2)cs1)NCC1CCN(C2CCCC2)CC1. The van der Waals surface area contributed by atoms with Crippen LogP contribution in [0.2, 0.25) is 5.02 Å². The molecule has 0 spiro atoms. The largest absolute Gasteiger partial charge is 0.360 e. The van der Waals surface area contributed by atoms with E-state index in [0.717, 1.165) is 49.4 Å². The molecule has 3 heterocycles. The number of benzene rings is 1. The lowest BCUT2D eigenvalue weighted by atomic mass is 9.95. The molecule has 0 radical (unpaired) electrons. The number of aromatic nitrogens is 2. The highest BCUT2D eigenvalue weighted by molar-refractivity contribution is 7.13. The number of halogens is 1. The number of carbonyl (C=O) groups excluding carboxylic acids is 2. The first-order valence-electron chi connectivity index (χ1n) is 12.1. The maximum atomic E-state index is 12.8. The van der Waals surface area contributed by atoms with Crippen LogP contribution in [0.3, 0.4) is 0 Å². The number of hydrogen-bond acceptors (Lipinski definition) is 6. The molecule has 0 bridgehead atoms. The van der Waals surface area contributed by atoms with E-state index in [1.54, 1.807) is 23.7 Å². The van der Waals surface area contributed by atoms with E-state index >= 15 is 0 Å². The first-order valence-corrected chi connectivity index (χ1v) is 13.3. The first-order chi connectivity index (χ1) is 16.6. The van der Waals surface area contributed by atoms with Gasteiger partial charge in [0.25, 0.3) is 0 Å². The summed E-state index contributed by atoms with van der Waals surface area (Å²) in [7, 11) is 0. The van der Waals surface area contributed by atoms with Crippen molar-refractivity contribution in [2.24, 2.45) is 5.92 Å². The highest BCUT2D eigenvalue weighted by Gasteiger charge is 2.27. The van der Waals surface area contributed by atoms with E-state index in [4.69, 9.17) is 11.6 Å². The molecule has 1 aliphatic heterocycles. The Bertz CT molecular complexity index is 1160. The maximum absolute atomic E-state index is 12.8. The summed E-state index contributed by atoms with van der Waals surface area (Å²) in [5.41, 5.74) is 1.71. The van der Waals surface area contributed by atoms with E-state index in [0.29, 0.717) is 27.3 Å². The Kier molecular flexibility index (Phi) is 7.18. The van der Waals surface area contributed by atoms with E-state index < -0.39 is 0 Å². The Labute approximate surface area is 208 Å². The van der Waals surface area contributed by atoms with Gasteiger partial charge >= 0.3 is 0 Å². The summed E-state index contributed by atoms with van der Waals surface area (Å²) >= 11 is 7.44. The number of nitrogens with zero attached hydrogens (tertiary/aromatic N) is 2. The van der Waals surface area contributed by atoms with Crippen LogP contribution in [0, 0.1) is 5.92 Å². The summed E-state index contributed by atoms with van der Waals surface area (Å²) in [6.07, 6.45) is 9.48. The minimum atomic E-state index is -0.162. The minimum Gasteiger partial charge on any atom is -0.360 e. The molecule has 9 heteroatoms. The molecule has 2 aliphatic rings. The molecule has 1 saturated heterocycles. The van der Waals surface area contributed by atoms with Crippen LogP contribution in [0.4, 0.5) is 5.13 Å². The fourth-order valence-corrected chi connectivity index (χ4v) is 6.02. The van der Waals surface area contributed by atoms with Crippen molar-refractivity contribution in [3.8, 4) is 0 Å². The van der Waals surface area contributed by atoms with Crippen molar-refractivity contribution < 1.29 is 9.59 Å². The molecule has 1 amide bonds. The summed E-state index contributed by atoms with van der Waals surface area (Å²) < 4.78 is 0. The van der Waals surface area contributed by atoms with Crippen LogP contribution in [0.5, 0.6) is 0 Å². The van der Waals surface area contributed by atoms with Gasteiger partial charge in [0.2, 0.25) is 11.7 Å².